The molecule has 1 aliphatic rings. The van der Waals surface area contributed by atoms with E-state index in [2.05, 4.69) is 27.1 Å². The van der Waals surface area contributed by atoms with Crippen LogP contribution in [0.2, 0.25) is 0 Å². The maximum Gasteiger partial charge on any atom is 0.220 e. The highest BCUT2D eigenvalue weighted by molar-refractivity contribution is 7.98. The molecule has 0 bridgehead atoms. The number of nitrogens with one attached hydrogen (secondary N) is 1. The van der Waals surface area contributed by atoms with E-state index in [1.165, 1.54) is 0 Å². The second-order valence-corrected chi connectivity index (χ2v) is 8.18. The van der Waals surface area contributed by atoms with Gasteiger partial charge in [0.1, 0.15) is 5.82 Å². The van der Waals surface area contributed by atoms with Gasteiger partial charge < -0.3 is 14.6 Å². The van der Waals surface area contributed by atoms with Crippen LogP contribution in [0.3, 0.4) is 0 Å². The minimum atomic E-state index is 0.0959. The van der Waals surface area contributed by atoms with E-state index in [1.807, 2.05) is 53.6 Å². The number of thioether (sulfide) groups is 1. The van der Waals surface area contributed by atoms with Crippen molar-refractivity contribution >= 4 is 17.7 Å². The molecule has 0 unspecified atom stereocenters. The molecule has 2 aromatic heterocycles. The number of carbonyl (C=O) groups is 1. The van der Waals surface area contributed by atoms with Gasteiger partial charge in [0.05, 0.1) is 18.0 Å². The molecule has 152 valence electrons. The van der Waals surface area contributed by atoms with Crippen molar-refractivity contribution in [1.82, 2.24) is 19.7 Å². The van der Waals surface area contributed by atoms with Gasteiger partial charge in [0, 0.05) is 49.0 Å². The number of ether oxygens (including phenoxy) is 1. The second-order valence-electron chi connectivity index (χ2n) is 7.07. The van der Waals surface area contributed by atoms with Crippen molar-refractivity contribution in [2.45, 2.75) is 31.1 Å². The van der Waals surface area contributed by atoms with Crippen molar-refractivity contribution < 1.29 is 9.53 Å². The largest absolute Gasteiger partial charge is 0.376 e. The quantitative estimate of drug-likeness (QED) is 0.548. The van der Waals surface area contributed by atoms with Crippen LogP contribution in [0.5, 0.6) is 0 Å². The van der Waals surface area contributed by atoms with Gasteiger partial charge in [0.2, 0.25) is 5.91 Å². The summed E-state index contributed by atoms with van der Waals surface area (Å²) in [5.74, 6) is 2.72. The van der Waals surface area contributed by atoms with Crippen molar-refractivity contribution in [2.75, 3.05) is 18.9 Å². The monoisotopic (exact) mass is 410 g/mol. The Morgan fingerprint density at radius 3 is 2.79 bits per heavy atom. The zero-order valence-corrected chi connectivity index (χ0v) is 17.2. The van der Waals surface area contributed by atoms with E-state index in [0.29, 0.717) is 13.0 Å². The normalized spacial score (nSPS) is 16.2. The van der Waals surface area contributed by atoms with E-state index in [0.717, 1.165) is 48.0 Å². The number of carbonyl (C=O) groups excluding carboxylic acids is 1. The summed E-state index contributed by atoms with van der Waals surface area (Å²) in [7, 11) is 0. The highest BCUT2D eigenvalue weighted by atomic mass is 32.2. The van der Waals surface area contributed by atoms with Gasteiger partial charge in [0.25, 0.3) is 0 Å². The summed E-state index contributed by atoms with van der Waals surface area (Å²) < 4.78 is 9.59. The fraction of sp³-hybridized carbons (Fsp3) is 0.364. The van der Waals surface area contributed by atoms with Crippen LogP contribution in [0.15, 0.2) is 61.1 Å². The summed E-state index contributed by atoms with van der Waals surface area (Å²) >= 11 is 1.75. The summed E-state index contributed by atoms with van der Waals surface area (Å²) in [4.78, 5) is 12.1. The van der Waals surface area contributed by atoms with Crippen LogP contribution in [0.1, 0.15) is 24.8 Å². The summed E-state index contributed by atoms with van der Waals surface area (Å²) in [5.41, 5.74) is 2.18. The van der Waals surface area contributed by atoms with E-state index in [9.17, 15) is 4.79 Å². The third kappa shape index (κ3) is 5.10. The number of hydrogen-bond donors (Lipinski definition) is 1. The lowest BCUT2D eigenvalue weighted by Crippen LogP contribution is -2.31. The van der Waals surface area contributed by atoms with Gasteiger partial charge in [-0.2, -0.15) is 16.9 Å². The molecule has 6 nitrogen and oxygen atoms in total. The van der Waals surface area contributed by atoms with Crippen molar-refractivity contribution in [3.05, 3.63) is 66.6 Å². The standard InChI is InChI=1S/C22H26N4O2S/c27-21(23-16-20-9-6-13-28-20)10-14-29-17-18-15-24-26(19-7-2-1-3-8-19)22(18)25-11-4-5-12-25/h1-5,7-8,11-12,15,20H,6,9-10,13-14,16-17H2,(H,23,27)/t20-/m1/s1. The van der Waals surface area contributed by atoms with Crippen molar-refractivity contribution in [3.63, 3.8) is 0 Å². The van der Waals surface area contributed by atoms with Gasteiger partial charge in [-0.05, 0) is 37.1 Å². The lowest BCUT2D eigenvalue weighted by Gasteiger charge is -2.11. The van der Waals surface area contributed by atoms with Gasteiger partial charge in [-0.25, -0.2) is 4.68 Å². The summed E-state index contributed by atoms with van der Waals surface area (Å²) in [5, 5.41) is 7.60. The van der Waals surface area contributed by atoms with Gasteiger partial charge in [0.15, 0.2) is 0 Å². The predicted molar refractivity (Wildman–Crippen MR) is 116 cm³/mol. The van der Waals surface area contributed by atoms with E-state index in [1.54, 1.807) is 11.8 Å². The van der Waals surface area contributed by atoms with Crippen molar-refractivity contribution in [3.8, 4) is 11.5 Å². The molecule has 1 atom stereocenters. The number of rotatable bonds is 9. The lowest BCUT2D eigenvalue weighted by molar-refractivity contribution is -0.121. The zero-order valence-electron chi connectivity index (χ0n) is 16.4. The molecular formula is C22H26N4O2S. The molecule has 4 rings (SSSR count). The topological polar surface area (TPSA) is 61.1 Å². The molecule has 0 spiro atoms. The maximum absolute atomic E-state index is 12.1. The minimum absolute atomic E-state index is 0.0959. The Labute approximate surface area is 175 Å². The molecule has 1 aromatic carbocycles. The molecule has 1 fully saturated rings. The average molecular weight is 411 g/mol. The number of benzene rings is 1. The molecule has 1 N–H and O–H groups in total. The molecular weight excluding hydrogens is 384 g/mol. The third-order valence-corrected chi connectivity index (χ3v) is 5.96. The smallest absolute Gasteiger partial charge is 0.220 e. The first-order valence-electron chi connectivity index (χ1n) is 10.0. The average Bonchev–Trinajstić information content (AvgIpc) is 3.52. The molecule has 0 aliphatic carbocycles. The Morgan fingerprint density at radius 2 is 2.03 bits per heavy atom. The summed E-state index contributed by atoms with van der Waals surface area (Å²) in [6.07, 6.45) is 8.83. The lowest BCUT2D eigenvalue weighted by atomic mass is 10.2. The Morgan fingerprint density at radius 1 is 1.21 bits per heavy atom. The van der Waals surface area contributed by atoms with Crippen LogP contribution in [0.4, 0.5) is 0 Å². The predicted octanol–water partition coefficient (Wildman–Crippen LogP) is 3.58. The minimum Gasteiger partial charge on any atom is -0.376 e. The molecule has 3 aromatic rings. The van der Waals surface area contributed by atoms with Gasteiger partial charge in [-0.15, -0.1) is 0 Å². The van der Waals surface area contributed by atoms with Crippen LogP contribution in [-0.4, -0.2) is 45.3 Å². The molecule has 0 saturated carbocycles. The SMILES string of the molecule is O=C(CCSCc1cnn(-c2ccccc2)c1-n1cccc1)NC[C@H]1CCCO1. The Kier molecular flexibility index (Phi) is 6.69. The maximum atomic E-state index is 12.1. The molecule has 3 heterocycles. The number of hydrogen-bond acceptors (Lipinski definition) is 4. The number of amides is 1. The molecule has 0 radical (unpaired) electrons. The first kappa shape index (κ1) is 19.8. The number of nitrogens with zero attached hydrogens (tertiary/aromatic N) is 3. The Hall–Kier alpha value is -2.51. The summed E-state index contributed by atoms with van der Waals surface area (Å²) in [6, 6.07) is 14.2. The van der Waals surface area contributed by atoms with Crippen LogP contribution in [0.25, 0.3) is 11.5 Å². The van der Waals surface area contributed by atoms with Crippen molar-refractivity contribution in [1.29, 1.82) is 0 Å². The first-order valence-corrected chi connectivity index (χ1v) is 11.2. The van der Waals surface area contributed by atoms with E-state index in [4.69, 9.17) is 4.74 Å². The van der Waals surface area contributed by atoms with Gasteiger partial charge >= 0.3 is 0 Å². The Balaban J connectivity index is 1.34. The zero-order chi connectivity index (χ0) is 19.9. The molecule has 29 heavy (non-hydrogen) atoms. The van der Waals surface area contributed by atoms with Crippen molar-refractivity contribution in [2.24, 2.45) is 0 Å². The van der Waals surface area contributed by atoms with E-state index >= 15 is 0 Å². The number of para-hydroxylation sites is 1. The molecule has 7 heteroatoms. The fourth-order valence-corrected chi connectivity index (χ4v) is 4.35. The summed E-state index contributed by atoms with van der Waals surface area (Å²) in [6.45, 7) is 1.45. The van der Waals surface area contributed by atoms with Gasteiger partial charge in [-0.3, -0.25) is 4.79 Å². The van der Waals surface area contributed by atoms with Crippen LogP contribution in [0, 0.1) is 0 Å². The number of aromatic nitrogens is 3. The van der Waals surface area contributed by atoms with Gasteiger partial charge in [-0.1, -0.05) is 18.2 Å². The first-order chi connectivity index (χ1) is 14.3. The van der Waals surface area contributed by atoms with Crippen LogP contribution >= 0.6 is 11.8 Å². The molecule has 1 saturated heterocycles. The third-order valence-electron chi connectivity index (χ3n) is 4.95. The van der Waals surface area contributed by atoms with Crippen LogP contribution < -0.4 is 5.32 Å². The Bertz CT molecular complexity index is 902. The second kappa shape index (κ2) is 9.80. The highest BCUT2D eigenvalue weighted by Gasteiger charge is 2.16. The van der Waals surface area contributed by atoms with E-state index in [-0.39, 0.29) is 12.0 Å². The highest BCUT2D eigenvalue weighted by Crippen LogP contribution is 2.24. The van der Waals surface area contributed by atoms with Crippen LogP contribution in [-0.2, 0) is 15.3 Å². The molecule has 1 aliphatic heterocycles. The fourth-order valence-electron chi connectivity index (χ4n) is 3.46. The van der Waals surface area contributed by atoms with E-state index < -0.39 is 0 Å². The molecule has 1 amide bonds.